The highest BCUT2D eigenvalue weighted by Crippen LogP contribution is 2.37. The quantitative estimate of drug-likeness (QED) is 0.575. The highest BCUT2D eigenvalue weighted by atomic mass is 79.9. The lowest BCUT2D eigenvalue weighted by Crippen LogP contribution is -2.50. The summed E-state index contributed by atoms with van der Waals surface area (Å²) in [5, 5.41) is 1.82. The van der Waals surface area contributed by atoms with Gasteiger partial charge in [-0.2, -0.15) is 0 Å². The highest BCUT2D eigenvalue weighted by molar-refractivity contribution is 9.10. The van der Waals surface area contributed by atoms with Crippen LogP contribution in [0.25, 0.3) is 0 Å². The Hall–Kier alpha value is 0.267. The first-order chi connectivity index (χ1) is 6.68. The maximum absolute atomic E-state index is 4.47. The van der Waals surface area contributed by atoms with E-state index in [4.69, 9.17) is 0 Å². The molecule has 0 unspecified atom stereocenters. The fourth-order valence-electron chi connectivity index (χ4n) is 1.41. The van der Waals surface area contributed by atoms with E-state index in [-0.39, 0.29) is 0 Å². The summed E-state index contributed by atoms with van der Waals surface area (Å²) in [7, 11) is -1.45. The predicted molar refractivity (Wildman–Crippen MR) is 78.2 cm³/mol. The standard InChI is InChI=1S/C12H19BrSSi/c1-12(2,3)15(4,5)10-8-6-7-9(14)11(10)13/h6-8,14H,1-5H3. The summed E-state index contributed by atoms with van der Waals surface area (Å²) in [4.78, 5) is 1.04. The van der Waals surface area contributed by atoms with Gasteiger partial charge < -0.3 is 0 Å². The van der Waals surface area contributed by atoms with E-state index in [9.17, 15) is 0 Å². The van der Waals surface area contributed by atoms with E-state index in [0.29, 0.717) is 5.04 Å². The van der Waals surface area contributed by atoms with Crippen LogP contribution in [0.2, 0.25) is 18.1 Å². The maximum atomic E-state index is 4.47. The summed E-state index contributed by atoms with van der Waals surface area (Å²) < 4.78 is 1.18. The minimum absolute atomic E-state index is 0.358. The van der Waals surface area contributed by atoms with Crippen molar-refractivity contribution in [3.63, 3.8) is 0 Å². The van der Waals surface area contributed by atoms with Crippen LogP contribution in [0.3, 0.4) is 0 Å². The van der Waals surface area contributed by atoms with E-state index in [0.717, 1.165) is 4.90 Å². The average molecular weight is 303 g/mol. The lowest BCUT2D eigenvalue weighted by atomic mass is 10.2. The van der Waals surface area contributed by atoms with Crippen molar-refractivity contribution < 1.29 is 0 Å². The van der Waals surface area contributed by atoms with Crippen LogP contribution < -0.4 is 5.19 Å². The molecule has 0 aliphatic heterocycles. The van der Waals surface area contributed by atoms with Gasteiger partial charge in [0.2, 0.25) is 0 Å². The summed E-state index contributed by atoms with van der Waals surface area (Å²) in [5.74, 6) is 0. The third kappa shape index (κ3) is 2.51. The molecule has 0 spiro atoms. The molecule has 0 bridgehead atoms. The zero-order valence-corrected chi connectivity index (χ0v) is 13.5. The SMILES string of the molecule is CC(C)(C)[Si](C)(C)c1cccc(S)c1Br. The van der Waals surface area contributed by atoms with Crippen molar-refractivity contribution in [1.29, 1.82) is 0 Å². The molecule has 0 saturated heterocycles. The van der Waals surface area contributed by atoms with E-state index in [1.54, 1.807) is 0 Å². The van der Waals surface area contributed by atoms with Gasteiger partial charge in [-0.25, -0.2) is 0 Å². The fraction of sp³-hybridized carbons (Fsp3) is 0.500. The average Bonchev–Trinajstić information content (AvgIpc) is 2.07. The summed E-state index contributed by atoms with van der Waals surface area (Å²) in [5.41, 5.74) is 0. The normalized spacial score (nSPS) is 13.0. The number of thiol groups is 1. The van der Waals surface area contributed by atoms with Crippen molar-refractivity contribution in [3.8, 4) is 0 Å². The van der Waals surface area contributed by atoms with Crippen LogP contribution in [0, 0.1) is 0 Å². The largest absolute Gasteiger partial charge is 0.142 e. The third-order valence-electron chi connectivity index (χ3n) is 3.53. The molecule has 0 aliphatic carbocycles. The predicted octanol–water partition coefficient (Wildman–Crippen LogP) is 4.45. The molecule has 0 amide bonds. The van der Waals surface area contributed by atoms with Crippen LogP contribution in [0.5, 0.6) is 0 Å². The molecule has 0 radical (unpaired) electrons. The number of hydrogen-bond acceptors (Lipinski definition) is 1. The van der Waals surface area contributed by atoms with Crippen molar-refractivity contribution in [1.82, 2.24) is 0 Å². The first-order valence-electron chi connectivity index (χ1n) is 5.16. The molecule has 0 aromatic heterocycles. The van der Waals surface area contributed by atoms with Gasteiger partial charge in [-0.3, -0.25) is 0 Å². The molecule has 0 fully saturated rings. The monoisotopic (exact) mass is 302 g/mol. The van der Waals surface area contributed by atoms with Crippen LogP contribution in [0.1, 0.15) is 20.8 Å². The Morgan fingerprint density at radius 2 is 1.73 bits per heavy atom. The zero-order chi connectivity index (χ0) is 11.9. The van der Waals surface area contributed by atoms with Gasteiger partial charge in [0.15, 0.2) is 0 Å². The first kappa shape index (κ1) is 13.3. The fourth-order valence-corrected chi connectivity index (χ4v) is 5.47. The molecule has 84 valence electrons. The molecular weight excluding hydrogens is 284 g/mol. The van der Waals surface area contributed by atoms with E-state index in [1.807, 2.05) is 6.07 Å². The molecule has 0 N–H and O–H groups in total. The zero-order valence-electron chi connectivity index (χ0n) is 10.1. The second-order valence-corrected chi connectivity index (χ2v) is 12.1. The van der Waals surface area contributed by atoms with Crippen molar-refractivity contribution in [2.24, 2.45) is 0 Å². The molecule has 3 heteroatoms. The summed E-state index contributed by atoms with van der Waals surface area (Å²) >= 11 is 8.14. The molecule has 1 aromatic rings. The third-order valence-corrected chi connectivity index (χ3v) is 10.9. The molecular formula is C12H19BrSSi. The molecule has 0 aliphatic rings. The maximum Gasteiger partial charge on any atom is 0.0874 e. The molecule has 1 aromatic carbocycles. The molecule has 0 heterocycles. The topological polar surface area (TPSA) is 0 Å². The Kier molecular flexibility index (Phi) is 3.79. The minimum Gasteiger partial charge on any atom is -0.142 e. The van der Waals surface area contributed by atoms with Crippen molar-refractivity contribution in [2.45, 2.75) is 43.8 Å². The Bertz CT molecular complexity index is 366. The first-order valence-corrected chi connectivity index (χ1v) is 9.40. The molecule has 1 rings (SSSR count). The van der Waals surface area contributed by atoms with Gasteiger partial charge in [-0.1, -0.05) is 46.0 Å². The summed E-state index contributed by atoms with van der Waals surface area (Å²) in [6.07, 6.45) is 0. The summed E-state index contributed by atoms with van der Waals surface area (Å²) in [6, 6.07) is 6.37. The van der Waals surface area contributed by atoms with Gasteiger partial charge in [-0.15, -0.1) is 12.6 Å². The van der Waals surface area contributed by atoms with E-state index in [2.05, 4.69) is 74.6 Å². The van der Waals surface area contributed by atoms with E-state index < -0.39 is 8.07 Å². The molecule has 15 heavy (non-hydrogen) atoms. The number of halogens is 1. The van der Waals surface area contributed by atoms with Gasteiger partial charge >= 0.3 is 0 Å². The second-order valence-electron chi connectivity index (χ2n) is 5.51. The Balaban J connectivity index is 3.34. The Morgan fingerprint density at radius 1 is 1.20 bits per heavy atom. The van der Waals surface area contributed by atoms with Gasteiger partial charge in [0.1, 0.15) is 0 Å². The van der Waals surface area contributed by atoms with Gasteiger partial charge in [0.25, 0.3) is 0 Å². The van der Waals surface area contributed by atoms with Crippen LogP contribution in [0.15, 0.2) is 27.6 Å². The summed E-state index contributed by atoms with van der Waals surface area (Å²) in [6.45, 7) is 11.8. The molecule has 0 nitrogen and oxygen atoms in total. The Labute approximate surface area is 108 Å². The number of hydrogen-bond donors (Lipinski definition) is 1. The highest BCUT2D eigenvalue weighted by Gasteiger charge is 2.38. The van der Waals surface area contributed by atoms with Crippen LogP contribution in [-0.4, -0.2) is 8.07 Å². The van der Waals surface area contributed by atoms with Crippen molar-refractivity contribution >= 4 is 41.8 Å². The second kappa shape index (κ2) is 4.26. The Morgan fingerprint density at radius 3 is 2.20 bits per heavy atom. The van der Waals surface area contributed by atoms with Crippen LogP contribution in [0.4, 0.5) is 0 Å². The van der Waals surface area contributed by atoms with Crippen molar-refractivity contribution in [3.05, 3.63) is 22.7 Å². The minimum atomic E-state index is -1.45. The molecule has 0 atom stereocenters. The number of rotatable bonds is 1. The van der Waals surface area contributed by atoms with Gasteiger partial charge in [-0.05, 0) is 32.2 Å². The lowest BCUT2D eigenvalue weighted by Gasteiger charge is -2.38. The van der Waals surface area contributed by atoms with Crippen LogP contribution >= 0.6 is 28.6 Å². The van der Waals surface area contributed by atoms with Crippen molar-refractivity contribution in [2.75, 3.05) is 0 Å². The van der Waals surface area contributed by atoms with Gasteiger partial charge in [0, 0.05) is 9.37 Å². The van der Waals surface area contributed by atoms with E-state index in [1.165, 1.54) is 9.66 Å². The van der Waals surface area contributed by atoms with Crippen LogP contribution in [-0.2, 0) is 0 Å². The smallest absolute Gasteiger partial charge is 0.0874 e. The molecule has 0 saturated carbocycles. The lowest BCUT2D eigenvalue weighted by molar-refractivity contribution is 0.729. The van der Waals surface area contributed by atoms with E-state index >= 15 is 0 Å². The number of benzene rings is 1. The van der Waals surface area contributed by atoms with Gasteiger partial charge in [0.05, 0.1) is 8.07 Å².